The molecule has 0 fully saturated rings. The molecule has 0 spiro atoms. The maximum atomic E-state index is 12.2. The van der Waals surface area contributed by atoms with Crippen molar-refractivity contribution in [1.82, 2.24) is 4.90 Å². The lowest BCUT2D eigenvalue weighted by atomic mass is 10.1. The summed E-state index contributed by atoms with van der Waals surface area (Å²) in [5.41, 5.74) is 8.39. The zero-order valence-corrected chi connectivity index (χ0v) is 16.3. The van der Waals surface area contributed by atoms with Crippen molar-refractivity contribution in [3.8, 4) is 0 Å². The van der Waals surface area contributed by atoms with Crippen LogP contribution in [-0.4, -0.2) is 37.4 Å². The van der Waals surface area contributed by atoms with Gasteiger partial charge in [-0.25, -0.2) is 0 Å². The number of nitrogens with two attached hydrogens (primary N) is 1. The number of hydrogen-bond donors (Lipinski definition) is 3. The van der Waals surface area contributed by atoms with E-state index < -0.39 is 0 Å². The minimum absolute atomic E-state index is 0. The molecule has 0 unspecified atom stereocenters. The van der Waals surface area contributed by atoms with Crippen LogP contribution in [0.5, 0.6) is 0 Å². The molecule has 8 heteroatoms. The Kier molecular flexibility index (Phi) is 10.6. The summed E-state index contributed by atoms with van der Waals surface area (Å²) in [5.74, 6) is -0.287. The third-order valence-electron chi connectivity index (χ3n) is 3.31. The number of amides is 2. The Balaban J connectivity index is 0.00000312. The molecule has 2 amide bonds. The van der Waals surface area contributed by atoms with Gasteiger partial charge in [0.1, 0.15) is 0 Å². The van der Waals surface area contributed by atoms with Crippen LogP contribution in [0.25, 0.3) is 0 Å². The van der Waals surface area contributed by atoms with Crippen molar-refractivity contribution in [1.29, 1.82) is 0 Å². The lowest BCUT2D eigenvalue weighted by molar-refractivity contribution is -0.116. The number of anilines is 2. The second-order valence-corrected chi connectivity index (χ2v) is 5.72. The molecule has 26 heavy (non-hydrogen) atoms. The van der Waals surface area contributed by atoms with Gasteiger partial charge in [-0.15, -0.1) is 24.8 Å². The second-order valence-electron chi connectivity index (χ2n) is 5.72. The molecule has 0 saturated heterocycles. The number of benzene rings is 2. The summed E-state index contributed by atoms with van der Waals surface area (Å²) in [6, 6.07) is 14.2. The Morgan fingerprint density at radius 1 is 0.962 bits per heavy atom. The highest BCUT2D eigenvalue weighted by atomic mass is 35.5. The Bertz CT molecular complexity index is 721. The summed E-state index contributed by atoms with van der Waals surface area (Å²) < 4.78 is 0. The normalized spacial score (nSPS) is 9.69. The van der Waals surface area contributed by atoms with Crippen molar-refractivity contribution in [2.75, 3.05) is 31.3 Å². The molecule has 0 bridgehead atoms. The zero-order chi connectivity index (χ0) is 17.5. The Hall–Kier alpha value is -2.12. The first kappa shape index (κ1) is 23.9. The molecule has 0 saturated carbocycles. The van der Waals surface area contributed by atoms with Crippen molar-refractivity contribution >= 4 is 48.0 Å². The lowest BCUT2D eigenvalue weighted by Crippen LogP contribution is -2.27. The van der Waals surface area contributed by atoms with Crippen LogP contribution in [-0.2, 0) is 11.3 Å². The number of nitrogens with zero attached hydrogens (tertiary/aromatic N) is 1. The highest BCUT2D eigenvalue weighted by molar-refractivity contribution is 6.04. The fourth-order valence-corrected chi connectivity index (χ4v) is 2.17. The van der Waals surface area contributed by atoms with Gasteiger partial charge in [0.15, 0.2) is 0 Å². The average Bonchev–Trinajstić information content (AvgIpc) is 2.56. The van der Waals surface area contributed by atoms with Gasteiger partial charge in [-0.05, 0) is 56.1 Å². The molecule has 0 heterocycles. The number of likely N-dealkylation sites (N-methyl/N-ethyl adjacent to an activating group) is 1. The van der Waals surface area contributed by atoms with Crippen molar-refractivity contribution in [2.24, 2.45) is 5.73 Å². The molecule has 2 aromatic carbocycles. The minimum atomic E-state index is -0.199. The van der Waals surface area contributed by atoms with Gasteiger partial charge in [-0.3, -0.25) is 9.59 Å². The molecule has 0 radical (unpaired) electrons. The van der Waals surface area contributed by atoms with E-state index in [-0.39, 0.29) is 36.6 Å². The number of nitrogens with one attached hydrogen (secondary N) is 2. The summed E-state index contributed by atoms with van der Waals surface area (Å²) >= 11 is 0. The van der Waals surface area contributed by atoms with Crippen LogP contribution in [0.15, 0.2) is 48.5 Å². The van der Waals surface area contributed by atoms with E-state index in [9.17, 15) is 9.59 Å². The van der Waals surface area contributed by atoms with Gasteiger partial charge in [0.05, 0.1) is 6.54 Å². The fraction of sp³-hybridized carbons (Fsp3) is 0.222. The van der Waals surface area contributed by atoms with Crippen LogP contribution in [0.3, 0.4) is 0 Å². The molecule has 4 N–H and O–H groups in total. The van der Waals surface area contributed by atoms with E-state index in [1.807, 2.05) is 20.2 Å². The fourth-order valence-electron chi connectivity index (χ4n) is 2.17. The highest BCUT2D eigenvalue weighted by Crippen LogP contribution is 2.15. The van der Waals surface area contributed by atoms with Crippen LogP contribution in [0.1, 0.15) is 15.9 Å². The number of rotatable bonds is 6. The van der Waals surface area contributed by atoms with Gasteiger partial charge in [0.2, 0.25) is 5.91 Å². The first-order valence-electron chi connectivity index (χ1n) is 7.63. The van der Waals surface area contributed by atoms with Crippen LogP contribution in [0, 0.1) is 0 Å². The highest BCUT2D eigenvalue weighted by Gasteiger charge is 2.07. The molecule has 0 aliphatic heterocycles. The van der Waals surface area contributed by atoms with Crippen molar-refractivity contribution in [3.05, 3.63) is 59.7 Å². The third kappa shape index (κ3) is 7.41. The largest absolute Gasteiger partial charge is 0.326 e. The summed E-state index contributed by atoms with van der Waals surface area (Å²) in [5, 5.41) is 5.61. The smallest absolute Gasteiger partial charge is 0.255 e. The van der Waals surface area contributed by atoms with Gasteiger partial charge in [0, 0.05) is 23.5 Å². The van der Waals surface area contributed by atoms with Crippen LogP contribution >= 0.6 is 24.8 Å². The predicted molar refractivity (Wildman–Crippen MR) is 110 cm³/mol. The van der Waals surface area contributed by atoms with E-state index >= 15 is 0 Å². The molecular formula is C18H24Cl2N4O2. The maximum Gasteiger partial charge on any atom is 0.255 e. The van der Waals surface area contributed by atoms with E-state index in [4.69, 9.17) is 5.73 Å². The molecule has 2 aromatic rings. The Morgan fingerprint density at radius 2 is 1.54 bits per heavy atom. The van der Waals surface area contributed by atoms with Gasteiger partial charge >= 0.3 is 0 Å². The van der Waals surface area contributed by atoms with E-state index in [1.54, 1.807) is 47.4 Å². The van der Waals surface area contributed by atoms with Gasteiger partial charge in [-0.2, -0.15) is 0 Å². The number of carbonyl (C=O) groups excluding carboxylic acids is 2. The average molecular weight is 399 g/mol. The van der Waals surface area contributed by atoms with Gasteiger partial charge < -0.3 is 21.3 Å². The summed E-state index contributed by atoms with van der Waals surface area (Å²) in [4.78, 5) is 25.7. The quantitative estimate of drug-likeness (QED) is 0.697. The Morgan fingerprint density at radius 3 is 2.08 bits per heavy atom. The van der Waals surface area contributed by atoms with E-state index in [1.165, 1.54) is 0 Å². The van der Waals surface area contributed by atoms with Gasteiger partial charge in [0.25, 0.3) is 5.91 Å². The van der Waals surface area contributed by atoms with Gasteiger partial charge in [-0.1, -0.05) is 12.1 Å². The van der Waals surface area contributed by atoms with Crippen molar-refractivity contribution in [2.45, 2.75) is 6.54 Å². The summed E-state index contributed by atoms with van der Waals surface area (Å²) in [6.45, 7) is 0.707. The molecule has 0 aromatic heterocycles. The monoisotopic (exact) mass is 398 g/mol. The molecule has 0 atom stereocenters. The summed E-state index contributed by atoms with van der Waals surface area (Å²) in [6.07, 6.45) is 0. The zero-order valence-electron chi connectivity index (χ0n) is 14.7. The maximum absolute atomic E-state index is 12.2. The number of halogens is 2. The molecular weight excluding hydrogens is 375 g/mol. The number of hydrogen-bond acceptors (Lipinski definition) is 4. The Labute approximate surface area is 166 Å². The molecule has 0 aliphatic carbocycles. The summed E-state index contributed by atoms with van der Waals surface area (Å²) in [7, 11) is 3.66. The molecule has 2 rings (SSSR count). The van der Waals surface area contributed by atoms with Crippen LogP contribution in [0.4, 0.5) is 11.4 Å². The first-order valence-corrected chi connectivity index (χ1v) is 7.63. The van der Waals surface area contributed by atoms with Crippen LogP contribution < -0.4 is 16.4 Å². The molecule has 0 aliphatic rings. The lowest BCUT2D eigenvalue weighted by Gasteiger charge is -2.11. The topological polar surface area (TPSA) is 87.5 Å². The first-order chi connectivity index (χ1) is 11.5. The molecule has 142 valence electrons. The standard InChI is InChI=1S/C18H22N4O2.2ClH/c1-22(2)12-17(23)20-15-6-8-16(9-7-15)21-18(24)14-5-3-4-13(10-14)11-19;;/h3-10H,11-12,19H2,1-2H3,(H,20,23)(H,21,24);2*1H. The number of carbonyl (C=O) groups is 2. The minimum Gasteiger partial charge on any atom is -0.326 e. The predicted octanol–water partition coefficient (Wildman–Crippen LogP) is 2.74. The van der Waals surface area contributed by atoms with Crippen LogP contribution in [0.2, 0.25) is 0 Å². The molecule has 6 nitrogen and oxygen atoms in total. The van der Waals surface area contributed by atoms with E-state index in [2.05, 4.69) is 10.6 Å². The van der Waals surface area contributed by atoms with E-state index in [0.717, 1.165) is 5.56 Å². The SMILES string of the molecule is CN(C)CC(=O)Nc1ccc(NC(=O)c2cccc(CN)c2)cc1.Cl.Cl. The third-order valence-corrected chi connectivity index (χ3v) is 3.31. The van der Waals surface area contributed by atoms with Crippen molar-refractivity contribution in [3.63, 3.8) is 0 Å². The second kappa shape index (κ2) is 11.5. The van der Waals surface area contributed by atoms with E-state index in [0.29, 0.717) is 30.0 Å². The van der Waals surface area contributed by atoms with Crippen molar-refractivity contribution < 1.29 is 9.59 Å².